The van der Waals surface area contributed by atoms with E-state index in [9.17, 15) is 0 Å². The Labute approximate surface area is 290 Å². The van der Waals surface area contributed by atoms with Crippen LogP contribution in [0.5, 0.6) is 0 Å². The minimum Gasteiger partial charge on any atom is -0.440 e. The second-order valence-corrected chi connectivity index (χ2v) is 13.0. The van der Waals surface area contributed by atoms with Crippen molar-refractivity contribution in [1.82, 2.24) is 0 Å². The Hall–Kier alpha value is -6.58. The zero-order valence-corrected chi connectivity index (χ0v) is 27.3. The SMILES string of the molecule is C1=Cc2c(oc3cc(N(c4ccc(-c5ccccc5)cc4)c4ccc(-c5cc6ccccc6c6c5ccc5ccccc56)cc4)ccc23)NC1. The van der Waals surface area contributed by atoms with Gasteiger partial charge in [-0.05, 0) is 97.0 Å². The van der Waals surface area contributed by atoms with Crippen molar-refractivity contribution in [2.75, 3.05) is 16.8 Å². The lowest BCUT2D eigenvalue weighted by atomic mass is 9.90. The highest BCUT2D eigenvalue weighted by atomic mass is 16.3. The lowest BCUT2D eigenvalue weighted by molar-refractivity contribution is 0.628. The highest BCUT2D eigenvalue weighted by molar-refractivity contribution is 6.24. The number of hydrogen-bond donors (Lipinski definition) is 1. The molecule has 50 heavy (non-hydrogen) atoms. The zero-order valence-electron chi connectivity index (χ0n) is 27.3. The van der Waals surface area contributed by atoms with Crippen LogP contribution in [0.1, 0.15) is 5.56 Å². The van der Waals surface area contributed by atoms with E-state index in [2.05, 4.69) is 186 Å². The average Bonchev–Trinajstić information content (AvgIpc) is 3.56. The summed E-state index contributed by atoms with van der Waals surface area (Å²) < 4.78 is 6.32. The Balaban J connectivity index is 1.11. The maximum absolute atomic E-state index is 6.32. The quantitative estimate of drug-likeness (QED) is 0.190. The molecule has 3 heteroatoms. The van der Waals surface area contributed by atoms with Crippen molar-refractivity contribution in [3.8, 4) is 22.3 Å². The van der Waals surface area contributed by atoms with Crippen molar-refractivity contribution in [1.29, 1.82) is 0 Å². The van der Waals surface area contributed by atoms with E-state index >= 15 is 0 Å². The molecule has 3 nitrogen and oxygen atoms in total. The normalized spacial score (nSPS) is 12.4. The summed E-state index contributed by atoms with van der Waals surface area (Å²) in [5, 5.41) is 12.1. The molecular weight excluding hydrogens is 609 g/mol. The molecule has 1 N–H and O–H groups in total. The molecule has 0 fully saturated rings. The van der Waals surface area contributed by atoms with Crippen LogP contribution in [0.2, 0.25) is 0 Å². The average molecular weight is 641 g/mol. The molecule has 1 aliphatic rings. The van der Waals surface area contributed by atoms with Gasteiger partial charge in [0.1, 0.15) is 5.58 Å². The van der Waals surface area contributed by atoms with Gasteiger partial charge in [0.2, 0.25) is 5.88 Å². The molecule has 0 saturated heterocycles. The number of benzene rings is 8. The summed E-state index contributed by atoms with van der Waals surface area (Å²) in [4.78, 5) is 2.31. The topological polar surface area (TPSA) is 28.4 Å². The van der Waals surface area contributed by atoms with Gasteiger partial charge in [-0.15, -0.1) is 0 Å². The van der Waals surface area contributed by atoms with Crippen LogP contribution < -0.4 is 10.2 Å². The maximum Gasteiger partial charge on any atom is 0.201 e. The van der Waals surface area contributed by atoms with Crippen LogP contribution in [0.4, 0.5) is 22.9 Å². The highest BCUT2D eigenvalue weighted by Gasteiger charge is 2.19. The van der Waals surface area contributed by atoms with Crippen LogP contribution in [0.3, 0.4) is 0 Å². The van der Waals surface area contributed by atoms with Crippen LogP contribution in [0, 0.1) is 0 Å². The Bertz CT molecular complexity index is 2720. The molecule has 0 unspecified atom stereocenters. The van der Waals surface area contributed by atoms with E-state index in [-0.39, 0.29) is 0 Å². The van der Waals surface area contributed by atoms with E-state index in [4.69, 9.17) is 4.42 Å². The number of nitrogens with zero attached hydrogens (tertiary/aromatic N) is 1. The Kier molecular flexibility index (Phi) is 6.56. The number of fused-ring (bicyclic) bond motifs is 8. The molecule has 9 aromatic rings. The van der Waals surface area contributed by atoms with E-state index in [0.29, 0.717) is 0 Å². The molecule has 236 valence electrons. The molecule has 0 atom stereocenters. The van der Waals surface area contributed by atoms with Crippen LogP contribution in [-0.4, -0.2) is 6.54 Å². The molecule has 8 aromatic carbocycles. The minimum atomic E-state index is 0.772. The molecule has 1 aromatic heterocycles. The van der Waals surface area contributed by atoms with Gasteiger partial charge < -0.3 is 14.6 Å². The van der Waals surface area contributed by atoms with Crippen LogP contribution >= 0.6 is 0 Å². The van der Waals surface area contributed by atoms with E-state index < -0.39 is 0 Å². The number of furan rings is 1. The standard InChI is InChI=1S/C47H32N2O/c1-2-9-31(10-3-1)32-16-21-36(22-17-32)49(38-25-27-41-43-15-8-28-48-47(43)50-45(41)30-38)37-23-18-34(19-24-37)44-29-35-12-5-7-14-40(35)46-39-13-6-4-11-33(39)20-26-42(44)46/h1-27,29-30,48H,28H2. The molecule has 0 amide bonds. The van der Waals surface area contributed by atoms with Gasteiger partial charge in [-0.25, -0.2) is 0 Å². The molecule has 0 aliphatic carbocycles. The van der Waals surface area contributed by atoms with Crippen molar-refractivity contribution in [3.05, 3.63) is 175 Å². The molecule has 0 bridgehead atoms. The molecule has 1 aliphatic heterocycles. The van der Waals surface area contributed by atoms with Crippen LogP contribution in [0.15, 0.2) is 174 Å². The van der Waals surface area contributed by atoms with Crippen molar-refractivity contribution in [2.45, 2.75) is 0 Å². The van der Waals surface area contributed by atoms with Gasteiger partial charge in [0.25, 0.3) is 0 Å². The van der Waals surface area contributed by atoms with Crippen molar-refractivity contribution in [3.63, 3.8) is 0 Å². The molecule has 10 rings (SSSR count). The molecule has 0 saturated carbocycles. The van der Waals surface area contributed by atoms with Gasteiger partial charge in [-0.3, -0.25) is 0 Å². The van der Waals surface area contributed by atoms with Crippen LogP contribution in [-0.2, 0) is 0 Å². The second kappa shape index (κ2) is 11.5. The summed E-state index contributed by atoms with van der Waals surface area (Å²) in [5.74, 6) is 0.832. The number of hydrogen-bond acceptors (Lipinski definition) is 3. The number of nitrogens with one attached hydrogen (secondary N) is 1. The van der Waals surface area contributed by atoms with Gasteiger partial charge in [0, 0.05) is 40.6 Å². The first-order valence-corrected chi connectivity index (χ1v) is 17.1. The first kappa shape index (κ1) is 28.4. The summed E-state index contributed by atoms with van der Waals surface area (Å²) in [6, 6.07) is 59.2. The van der Waals surface area contributed by atoms with Crippen molar-refractivity contribution < 1.29 is 4.42 Å². The molecular formula is C47H32N2O. The first-order chi connectivity index (χ1) is 24.8. The summed E-state index contributed by atoms with van der Waals surface area (Å²) in [7, 11) is 0. The monoisotopic (exact) mass is 640 g/mol. The molecule has 0 radical (unpaired) electrons. The third-order valence-corrected chi connectivity index (χ3v) is 10.1. The summed E-state index contributed by atoms with van der Waals surface area (Å²) in [6.45, 7) is 0.772. The summed E-state index contributed by atoms with van der Waals surface area (Å²) in [5.41, 5.74) is 9.97. The maximum atomic E-state index is 6.32. The highest BCUT2D eigenvalue weighted by Crippen LogP contribution is 2.43. The van der Waals surface area contributed by atoms with E-state index in [0.717, 1.165) is 46.0 Å². The largest absolute Gasteiger partial charge is 0.440 e. The predicted molar refractivity (Wildman–Crippen MR) is 212 cm³/mol. The van der Waals surface area contributed by atoms with Gasteiger partial charge in [-0.1, -0.05) is 127 Å². The van der Waals surface area contributed by atoms with Gasteiger partial charge in [0.05, 0.1) is 0 Å². The van der Waals surface area contributed by atoms with Gasteiger partial charge >= 0.3 is 0 Å². The zero-order chi connectivity index (χ0) is 33.0. The summed E-state index contributed by atoms with van der Waals surface area (Å²) in [6.07, 6.45) is 4.28. The van der Waals surface area contributed by atoms with Crippen molar-refractivity contribution in [2.24, 2.45) is 0 Å². The summed E-state index contributed by atoms with van der Waals surface area (Å²) >= 11 is 0. The lowest BCUT2D eigenvalue weighted by Gasteiger charge is -2.26. The Morgan fingerprint density at radius 1 is 0.480 bits per heavy atom. The van der Waals surface area contributed by atoms with Crippen molar-refractivity contribution >= 4 is 72.3 Å². The van der Waals surface area contributed by atoms with Crippen LogP contribution in [0.25, 0.3) is 71.6 Å². The molecule has 0 spiro atoms. The fourth-order valence-corrected chi connectivity index (χ4v) is 7.65. The Morgan fingerprint density at radius 2 is 1.10 bits per heavy atom. The van der Waals surface area contributed by atoms with E-state index in [1.807, 2.05) is 0 Å². The predicted octanol–water partition coefficient (Wildman–Crippen LogP) is 13.1. The van der Waals surface area contributed by atoms with E-state index in [1.165, 1.54) is 54.6 Å². The lowest BCUT2D eigenvalue weighted by Crippen LogP contribution is -2.09. The third kappa shape index (κ3) is 4.67. The first-order valence-electron chi connectivity index (χ1n) is 17.1. The Morgan fingerprint density at radius 3 is 1.88 bits per heavy atom. The van der Waals surface area contributed by atoms with E-state index in [1.54, 1.807) is 0 Å². The number of anilines is 4. The fourth-order valence-electron chi connectivity index (χ4n) is 7.65. The number of rotatable bonds is 5. The third-order valence-electron chi connectivity index (χ3n) is 10.1. The fraction of sp³-hybridized carbons (Fsp3) is 0.0213. The molecule has 2 heterocycles. The minimum absolute atomic E-state index is 0.772. The smallest absolute Gasteiger partial charge is 0.201 e. The van der Waals surface area contributed by atoms with Gasteiger partial charge in [-0.2, -0.15) is 0 Å². The van der Waals surface area contributed by atoms with Gasteiger partial charge in [0.15, 0.2) is 0 Å². The second-order valence-electron chi connectivity index (χ2n) is 13.0.